The highest BCUT2D eigenvalue weighted by molar-refractivity contribution is 5.08. The summed E-state index contributed by atoms with van der Waals surface area (Å²) in [5, 5.41) is 0. The number of rotatable bonds is 4. The average Bonchev–Trinajstić information content (AvgIpc) is 2.10. The van der Waals surface area contributed by atoms with Crippen LogP contribution in [0.1, 0.15) is 41.0 Å². The molecule has 1 nitrogen and oxygen atoms in total. The van der Waals surface area contributed by atoms with E-state index in [0.717, 1.165) is 13.1 Å². The lowest BCUT2D eigenvalue weighted by atomic mass is 10.2. The molecule has 0 saturated heterocycles. The van der Waals surface area contributed by atoms with Gasteiger partial charge < -0.3 is 0 Å². The lowest BCUT2D eigenvalue weighted by Gasteiger charge is -2.23. The SMILES string of the molecule is CCCN(CC)[C@H](C)C#CC(C)C. The van der Waals surface area contributed by atoms with Gasteiger partial charge in [-0.3, -0.25) is 4.90 Å². The van der Waals surface area contributed by atoms with E-state index in [9.17, 15) is 0 Å². The fraction of sp³-hybridized carbons (Fsp3) is 0.833. The van der Waals surface area contributed by atoms with E-state index >= 15 is 0 Å². The predicted molar refractivity (Wildman–Crippen MR) is 59.6 cm³/mol. The van der Waals surface area contributed by atoms with Crippen LogP contribution in [0.2, 0.25) is 0 Å². The van der Waals surface area contributed by atoms with E-state index in [1.807, 2.05) is 0 Å². The first-order chi connectivity index (χ1) is 6.11. The summed E-state index contributed by atoms with van der Waals surface area (Å²) in [6.45, 7) is 13.1. The van der Waals surface area contributed by atoms with Gasteiger partial charge in [0.25, 0.3) is 0 Å². The molecule has 0 bridgehead atoms. The van der Waals surface area contributed by atoms with Crippen LogP contribution in [0.15, 0.2) is 0 Å². The second-order valence-electron chi connectivity index (χ2n) is 3.75. The molecule has 0 aliphatic heterocycles. The van der Waals surface area contributed by atoms with Crippen LogP contribution in [0.25, 0.3) is 0 Å². The molecule has 13 heavy (non-hydrogen) atoms. The highest BCUT2D eigenvalue weighted by Crippen LogP contribution is 1.99. The highest BCUT2D eigenvalue weighted by atomic mass is 15.1. The second-order valence-corrected chi connectivity index (χ2v) is 3.75. The minimum Gasteiger partial charge on any atom is -0.290 e. The smallest absolute Gasteiger partial charge is 0.0685 e. The van der Waals surface area contributed by atoms with Crippen molar-refractivity contribution in [3.63, 3.8) is 0 Å². The summed E-state index contributed by atoms with van der Waals surface area (Å²) in [7, 11) is 0. The molecule has 0 rings (SSSR count). The van der Waals surface area contributed by atoms with Gasteiger partial charge in [-0.05, 0) is 26.4 Å². The van der Waals surface area contributed by atoms with Gasteiger partial charge in [-0.2, -0.15) is 0 Å². The van der Waals surface area contributed by atoms with Crippen LogP contribution >= 0.6 is 0 Å². The first-order valence-electron chi connectivity index (χ1n) is 5.36. The molecule has 76 valence electrons. The molecule has 0 heterocycles. The molecule has 0 aliphatic rings. The maximum absolute atomic E-state index is 3.29. The van der Waals surface area contributed by atoms with Gasteiger partial charge in [0.2, 0.25) is 0 Å². The molecule has 0 radical (unpaired) electrons. The van der Waals surface area contributed by atoms with Gasteiger partial charge in [0.1, 0.15) is 0 Å². The molecule has 0 aromatic rings. The average molecular weight is 181 g/mol. The normalized spacial score (nSPS) is 12.8. The Bertz CT molecular complexity index is 173. The van der Waals surface area contributed by atoms with Gasteiger partial charge in [-0.1, -0.05) is 39.5 Å². The minimum absolute atomic E-state index is 0.410. The van der Waals surface area contributed by atoms with Gasteiger partial charge in [0.15, 0.2) is 0 Å². The fourth-order valence-corrected chi connectivity index (χ4v) is 1.29. The second kappa shape index (κ2) is 6.97. The van der Waals surface area contributed by atoms with Crippen molar-refractivity contribution in [2.75, 3.05) is 13.1 Å². The summed E-state index contributed by atoms with van der Waals surface area (Å²) in [6.07, 6.45) is 1.21. The zero-order chi connectivity index (χ0) is 10.3. The van der Waals surface area contributed by atoms with Gasteiger partial charge in [-0.25, -0.2) is 0 Å². The van der Waals surface area contributed by atoms with Crippen molar-refractivity contribution < 1.29 is 0 Å². The third-order valence-electron chi connectivity index (χ3n) is 2.05. The summed E-state index contributed by atoms with van der Waals surface area (Å²) in [6, 6.07) is 0.410. The maximum atomic E-state index is 3.29. The van der Waals surface area contributed by atoms with E-state index in [2.05, 4.69) is 51.4 Å². The molecular weight excluding hydrogens is 158 g/mol. The fourth-order valence-electron chi connectivity index (χ4n) is 1.29. The van der Waals surface area contributed by atoms with Crippen LogP contribution in [-0.2, 0) is 0 Å². The molecule has 0 saturated carbocycles. The molecule has 0 fully saturated rings. The van der Waals surface area contributed by atoms with E-state index in [1.165, 1.54) is 6.42 Å². The molecule has 0 unspecified atom stereocenters. The van der Waals surface area contributed by atoms with Crippen molar-refractivity contribution in [1.29, 1.82) is 0 Å². The van der Waals surface area contributed by atoms with Crippen LogP contribution in [0.5, 0.6) is 0 Å². The topological polar surface area (TPSA) is 3.24 Å². The summed E-state index contributed by atoms with van der Waals surface area (Å²) in [5.74, 6) is 7.01. The summed E-state index contributed by atoms with van der Waals surface area (Å²) in [4.78, 5) is 2.41. The first kappa shape index (κ1) is 12.5. The minimum atomic E-state index is 0.410. The Balaban J connectivity index is 4.06. The standard InChI is InChI=1S/C12H23N/c1-6-10-13(7-2)12(5)9-8-11(3)4/h11-12H,6-7,10H2,1-5H3/t12-/m1/s1. The Morgan fingerprint density at radius 3 is 2.08 bits per heavy atom. The molecule has 1 atom stereocenters. The van der Waals surface area contributed by atoms with Crippen LogP contribution < -0.4 is 0 Å². The summed E-state index contributed by atoms with van der Waals surface area (Å²) >= 11 is 0. The third kappa shape index (κ3) is 5.71. The molecule has 0 amide bonds. The summed E-state index contributed by atoms with van der Waals surface area (Å²) in [5.41, 5.74) is 0. The molecular formula is C12H23N. The Morgan fingerprint density at radius 1 is 1.08 bits per heavy atom. The Kier molecular flexibility index (Phi) is 6.72. The van der Waals surface area contributed by atoms with Crippen LogP contribution in [-0.4, -0.2) is 24.0 Å². The predicted octanol–water partition coefficient (Wildman–Crippen LogP) is 2.77. The lowest BCUT2D eigenvalue weighted by molar-refractivity contribution is 0.261. The Hall–Kier alpha value is -0.480. The van der Waals surface area contributed by atoms with Crippen molar-refractivity contribution in [3.8, 4) is 11.8 Å². The molecule has 0 aliphatic carbocycles. The van der Waals surface area contributed by atoms with Crippen LogP contribution in [0.4, 0.5) is 0 Å². The molecule has 0 spiro atoms. The molecule has 0 N–H and O–H groups in total. The van der Waals surface area contributed by atoms with Crippen molar-refractivity contribution in [3.05, 3.63) is 0 Å². The zero-order valence-corrected chi connectivity index (χ0v) is 9.72. The van der Waals surface area contributed by atoms with Crippen molar-refractivity contribution >= 4 is 0 Å². The van der Waals surface area contributed by atoms with E-state index in [4.69, 9.17) is 0 Å². The zero-order valence-electron chi connectivity index (χ0n) is 9.72. The van der Waals surface area contributed by atoms with Crippen molar-refractivity contribution in [2.24, 2.45) is 5.92 Å². The third-order valence-corrected chi connectivity index (χ3v) is 2.05. The van der Waals surface area contributed by atoms with E-state index in [0.29, 0.717) is 12.0 Å². The van der Waals surface area contributed by atoms with E-state index in [-0.39, 0.29) is 0 Å². The largest absolute Gasteiger partial charge is 0.290 e. The van der Waals surface area contributed by atoms with Gasteiger partial charge >= 0.3 is 0 Å². The summed E-state index contributed by atoms with van der Waals surface area (Å²) < 4.78 is 0. The van der Waals surface area contributed by atoms with Crippen LogP contribution in [0, 0.1) is 17.8 Å². The monoisotopic (exact) mass is 181 g/mol. The Morgan fingerprint density at radius 2 is 1.69 bits per heavy atom. The molecule has 0 aromatic heterocycles. The van der Waals surface area contributed by atoms with Gasteiger partial charge in [-0.15, -0.1) is 0 Å². The highest BCUT2D eigenvalue weighted by Gasteiger charge is 2.06. The number of nitrogens with zero attached hydrogens (tertiary/aromatic N) is 1. The van der Waals surface area contributed by atoms with Crippen LogP contribution in [0.3, 0.4) is 0 Å². The van der Waals surface area contributed by atoms with E-state index in [1.54, 1.807) is 0 Å². The number of hydrogen-bond acceptors (Lipinski definition) is 1. The maximum Gasteiger partial charge on any atom is 0.0685 e. The number of hydrogen-bond donors (Lipinski definition) is 0. The molecule has 0 aromatic carbocycles. The lowest BCUT2D eigenvalue weighted by Crippen LogP contribution is -2.32. The Labute approximate surface area is 83.5 Å². The van der Waals surface area contributed by atoms with Crippen molar-refractivity contribution in [1.82, 2.24) is 4.90 Å². The first-order valence-corrected chi connectivity index (χ1v) is 5.36. The van der Waals surface area contributed by atoms with Crippen molar-refractivity contribution in [2.45, 2.75) is 47.1 Å². The molecule has 1 heteroatoms. The van der Waals surface area contributed by atoms with Gasteiger partial charge in [0, 0.05) is 5.92 Å². The van der Waals surface area contributed by atoms with Gasteiger partial charge in [0.05, 0.1) is 6.04 Å². The van der Waals surface area contributed by atoms with E-state index < -0.39 is 0 Å². The quantitative estimate of drug-likeness (QED) is 0.603.